The van der Waals surface area contributed by atoms with Crippen LogP contribution >= 0.6 is 0 Å². The fourth-order valence-electron chi connectivity index (χ4n) is 2.33. The molecule has 1 atom stereocenters. The normalized spacial score (nSPS) is 24.5. The van der Waals surface area contributed by atoms with Crippen molar-refractivity contribution in [3.63, 3.8) is 0 Å². The van der Waals surface area contributed by atoms with Crippen LogP contribution in [0, 0.1) is 0 Å². The van der Waals surface area contributed by atoms with Crippen LogP contribution < -0.4 is 5.32 Å². The molecule has 3 heteroatoms. The number of nitrogens with one attached hydrogen (secondary N) is 1. The molecule has 1 aliphatic heterocycles. The Hall–Kier alpha value is -0.380. The van der Waals surface area contributed by atoms with Crippen molar-refractivity contribution in [2.24, 2.45) is 0 Å². The lowest BCUT2D eigenvalue weighted by Crippen LogP contribution is -2.35. The van der Waals surface area contributed by atoms with Gasteiger partial charge in [-0.2, -0.15) is 0 Å². The third-order valence-corrected chi connectivity index (χ3v) is 3.60. The average Bonchev–Trinajstić information content (AvgIpc) is 3.02. The second-order valence-electron chi connectivity index (χ2n) is 5.37. The molecule has 2 fully saturated rings. The number of hydrogen-bond acceptors (Lipinski definition) is 3. The van der Waals surface area contributed by atoms with E-state index in [4.69, 9.17) is 4.74 Å². The monoisotopic (exact) mass is 238 g/mol. The molecule has 0 spiro atoms. The first-order valence-corrected chi connectivity index (χ1v) is 7.02. The Morgan fingerprint density at radius 2 is 2.24 bits per heavy atom. The minimum Gasteiger partial charge on any atom is -0.377 e. The Labute approximate surface area is 105 Å². The molecule has 3 nitrogen and oxygen atoms in total. The highest BCUT2D eigenvalue weighted by molar-refractivity contribution is 5.02. The number of nitrogens with zero attached hydrogens (tertiary/aromatic N) is 1. The van der Waals surface area contributed by atoms with Crippen LogP contribution in [-0.4, -0.2) is 49.8 Å². The lowest BCUT2D eigenvalue weighted by molar-refractivity contribution is 0.0776. The van der Waals surface area contributed by atoms with E-state index in [1.54, 1.807) is 0 Å². The van der Waals surface area contributed by atoms with Crippen molar-refractivity contribution in [2.75, 3.05) is 32.8 Å². The van der Waals surface area contributed by atoms with E-state index in [2.05, 4.69) is 23.7 Å². The van der Waals surface area contributed by atoms with Gasteiger partial charge in [-0.25, -0.2) is 0 Å². The molecule has 0 bridgehead atoms. The molecule has 0 aromatic rings. The Kier molecular flexibility index (Phi) is 5.01. The van der Waals surface area contributed by atoms with Gasteiger partial charge >= 0.3 is 0 Å². The predicted molar refractivity (Wildman–Crippen MR) is 71.3 cm³/mol. The Bertz CT molecular complexity index is 245. The van der Waals surface area contributed by atoms with Gasteiger partial charge in [-0.15, -0.1) is 0 Å². The van der Waals surface area contributed by atoms with Crippen molar-refractivity contribution in [1.29, 1.82) is 0 Å². The van der Waals surface area contributed by atoms with Crippen LogP contribution in [0.3, 0.4) is 0 Å². The van der Waals surface area contributed by atoms with E-state index >= 15 is 0 Å². The van der Waals surface area contributed by atoms with Gasteiger partial charge < -0.3 is 10.1 Å². The van der Waals surface area contributed by atoms with Crippen molar-refractivity contribution in [1.82, 2.24) is 10.2 Å². The summed E-state index contributed by atoms with van der Waals surface area (Å²) < 4.78 is 5.69. The molecule has 2 rings (SSSR count). The maximum absolute atomic E-state index is 5.69. The number of hydrogen-bond donors (Lipinski definition) is 1. The van der Waals surface area contributed by atoms with Crippen LogP contribution in [0.2, 0.25) is 0 Å². The van der Waals surface area contributed by atoms with Crippen LogP contribution in [-0.2, 0) is 4.74 Å². The molecule has 1 aliphatic carbocycles. The zero-order valence-corrected chi connectivity index (χ0v) is 11.1. The summed E-state index contributed by atoms with van der Waals surface area (Å²) in [7, 11) is 0. The molecule has 1 heterocycles. The maximum atomic E-state index is 5.69. The van der Waals surface area contributed by atoms with Gasteiger partial charge in [-0.3, -0.25) is 4.90 Å². The van der Waals surface area contributed by atoms with Gasteiger partial charge in [-0.1, -0.05) is 13.5 Å². The van der Waals surface area contributed by atoms with Crippen LogP contribution in [0.25, 0.3) is 0 Å². The van der Waals surface area contributed by atoms with Gasteiger partial charge in [0.15, 0.2) is 0 Å². The van der Waals surface area contributed by atoms with Crippen LogP contribution in [0.5, 0.6) is 0 Å². The second-order valence-corrected chi connectivity index (χ2v) is 5.37. The molecule has 0 radical (unpaired) electrons. The first-order chi connectivity index (χ1) is 8.28. The molecular weight excluding hydrogens is 212 g/mol. The highest BCUT2D eigenvalue weighted by Gasteiger charge is 2.21. The summed E-state index contributed by atoms with van der Waals surface area (Å²) in [5.41, 5.74) is 1.30. The molecule has 1 N–H and O–H groups in total. The fraction of sp³-hybridized carbons (Fsp3) is 0.857. The zero-order valence-electron chi connectivity index (χ0n) is 11.1. The standard InChI is InChI=1S/C14H26N2O/c1-3-16(11-14-5-4-8-17-14)10-12(2)9-15-13-6-7-13/h13-15H,2-11H2,1H3. The third kappa shape index (κ3) is 4.78. The Balaban J connectivity index is 1.63. The SMILES string of the molecule is C=C(CNC1CC1)CN(CC)CC1CCCO1. The minimum absolute atomic E-state index is 0.458. The molecule has 17 heavy (non-hydrogen) atoms. The van der Waals surface area contributed by atoms with E-state index in [-0.39, 0.29) is 0 Å². The molecule has 0 aromatic carbocycles. The van der Waals surface area contributed by atoms with Crippen molar-refractivity contribution in [3.05, 3.63) is 12.2 Å². The van der Waals surface area contributed by atoms with Gasteiger partial charge in [0.25, 0.3) is 0 Å². The van der Waals surface area contributed by atoms with Crippen molar-refractivity contribution in [2.45, 2.75) is 44.8 Å². The summed E-state index contributed by atoms with van der Waals surface area (Å²) in [5, 5.41) is 3.52. The summed E-state index contributed by atoms with van der Waals surface area (Å²) in [6, 6.07) is 0.778. The summed E-state index contributed by atoms with van der Waals surface area (Å²) >= 11 is 0. The van der Waals surface area contributed by atoms with Crippen molar-refractivity contribution < 1.29 is 4.74 Å². The number of rotatable bonds is 8. The predicted octanol–water partition coefficient (Wildman–Crippen LogP) is 1.80. The first kappa shape index (κ1) is 13.1. The van der Waals surface area contributed by atoms with Gasteiger partial charge in [0.2, 0.25) is 0 Å². The zero-order chi connectivity index (χ0) is 12.1. The third-order valence-electron chi connectivity index (χ3n) is 3.60. The lowest BCUT2D eigenvalue weighted by atomic mass is 10.2. The maximum Gasteiger partial charge on any atom is 0.0702 e. The van der Waals surface area contributed by atoms with E-state index in [0.29, 0.717) is 6.10 Å². The average molecular weight is 238 g/mol. The molecule has 0 aromatic heterocycles. The highest BCUT2D eigenvalue weighted by atomic mass is 16.5. The molecule has 1 saturated carbocycles. The minimum atomic E-state index is 0.458. The van der Waals surface area contributed by atoms with Gasteiger partial charge in [0.1, 0.15) is 0 Å². The Morgan fingerprint density at radius 3 is 2.82 bits per heavy atom. The molecular formula is C14H26N2O. The van der Waals surface area contributed by atoms with Crippen molar-refractivity contribution >= 4 is 0 Å². The summed E-state index contributed by atoms with van der Waals surface area (Å²) in [4.78, 5) is 2.45. The van der Waals surface area contributed by atoms with E-state index in [1.165, 1.54) is 31.3 Å². The lowest BCUT2D eigenvalue weighted by Gasteiger charge is -2.24. The van der Waals surface area contributed by atoms with Gasteiger partial charge in [0.05, 0.1) is 6.10 Å². The molecule has 1 unspecified atom stereocenters. The molecule has 1 saturated heterocycles. The summed E-state index contributed by atoms with van der Waals surface area (Å²) in [6.07, 6.45) is 5.61. The number of ether oxygens (including phenoxy) is 1. The summed E-state index contributed by atoms with van der Waals surface area (Å²) in [5.74, 6) is 0. The molecule has 2 aliphatic rings. The van der Waals surface area contributed by atoms with Crippen molar-refractivity contribution in [3.8, 4) is 0 Å². The molecule has 0 amide bonds. The second kappa shape index (κ2) is 6.53. The topological polar surface area (TPSA) is 24.5 Å². The summed E-state index contributed by atoms with van der Waals surface area (Å²) in [6.45, 7) is 11.5. The quantitative estimate of drug-likeness (QED) is 0.653. The van der Waals surface area contributed by atoms with E-state index in [0.717, 1.165) is 38.8 Å². The van der Waals surface area contributed by atoms with Gasteiger partial charge in [0, 0.05) is 32.3 Å². The first-order valence-electron chi connectivity index (χ1n) is 7.02. The van der Waals surface area contributed by atoms with Crippen LogP contribution in [0.4, 0.5) is 0 Å². The molecule has 98 valence electrons. The van der Waals surface area contributed by atoms with Crippen LogP contribution in [0.1, 0.15) is 32.6 Å². The smallest absolute Gasteiger partial charge is 0.0702 e. The van der Waals surface area contributed by atoms with E-state index in [1.807, 2.05) is 0 Å². The largest absolute Gasteiger partial charge is 0.377 e. The van der Waals surface area contributed by atoms with E-state index < -0.39 is 0 Å². The van der Waals surface area contributed by atoms with Gasteiger partial charge in [-0.05, 0) is 37.8 Å². The Morgan fingerprint density at radius 1 is 1.41 bits per heavy atom. The highest BCUT2D eigenvalue weighted by Crippen LogP contribution is 2.18. The van der Waals surface area contributed by atoms with Crippen LogP contribution in [0.15, 0.2) is 12.2 Å². The fourth-order valence-corrected chi connectivity index (χ4v) is 2.33. The number of likely N-dealkylation sites (N-methyl/N-ethyl adjacent to an activating group) is 1. The van der Waals surface area contributed by atoms with E-state index in [9.17, 15) is 0 Å².